The van der Waals surface area contributed by atoms with Crippen LogP contribution in [0.4, 0.5) is 0 Å². The van der Waals surface area contributed by atoms with Crippen LogP contribution in [0.1, 0.15) is 21.5 Å². The van der Waals surface area contributed by atoms with E-state index in [1.165, 1.54) is 16.3 Å². The van der Waals surface area contributed by atoms with Gasteiger partial charge in [0.2, 0.25) is 0 Å². The van der Waals surface area contributed by atoms with E-state index in [1.54, 1.807) is 30.5 Å². The summed E-state index contributed by atoms with van der Waals surface area (Å²) in [5.74, 6) is -0.616. The highest BCUT2D eigenvalue weighted by Crippen LogP contribution is 2.30. The van der Waals surface area contributed by atoms with Gasteiger partial charge in [-0.25, -0.2) is 0 Å². The van der Waals surface area contributed by atoms with Crippen LogP contribution in [0.15, 0.2) is 70.5 Å². The molecule has 1 N–H and O–H groups in total. The van der Waals surface area contributed by atoms with Gasteiger partial charge in [-0.1, -0.05) is 48.0 Å². The number of pyridine rings is 1. The molecule has 0 saturated heterocycles. The molecule has 0 radical (unpaired) electrons. The van der Waals surface area contributed by atoms with Gasteiger partial charge in [-0.3, -0.25) is 14.2 Å². The van der Waals surface area contributed by atoms with Crippen LogP contribution in [0, 0.1) is 6.92 Å². The SMILES string of the molecule is CSc1c(C(=O)c2ccccc2)c(O)cc(=O)n1-c1ccc(C)cc1. The van der Waals surface area contributed by atoms with E-state index in [-0.39, 0.29) is 22.7 Å². The van der Waals surface area contributed by atoms with Crippen LogP contribution in [-0.4, -0.2) is 21.7 Å². The first-order chi connectivity index (χ1) is 12.0. The molecule has 0 fully saturated rings. The monoisotopic (exact) mass is 351 g/mol. The van der Waals surface area contributed by atoms with Crippen LogP contribution in [-0.2, 0) is 0 Å². The highest BCUT2D eigenvalue weighted by atomic mass is 32.2. The predicted molar refractivity (Wildman–Crippen MR) is 100 cm³/mol. The molecule has 0 aliphatic rings. The Balaban J connectivity index is 2.26. The third-order valence-electron chi connectivity index (χ3n) is 3.90. The molecule has 126 valence electrons. The molecular weight excluding hydrogens is 334 g/mol. The number of hydrogen-bond donors (Lipinski definition) is 1. The Hall–Kier alpha value is -2.79. The third-order valence-corrected chi connectivity index (χ3v) is 4.68. The van der Waals surface area contributed by atoms with Crippen LogP contribution in [0.25, 0.3) is 5.69 Å². The Bertz CT molecular complexity index is 976. The standard InChI is InChI=1S/C20H17NO3S/c1-13-8-10-15(11-9-13)21-17(23)12-16(22)18(20(21)25-2)19(24)14-6-4-3-5-7-14/h3-12,22H,1-2H3. The molecule has 0 bridgehead atoms. The fraction of sp³-hybridized carbons (Fsp3) is 0.100. The fourth-order valence-corrected chi connectivity index (χ4v) is 3.43. The Morgan fingerprint density at radius 3 is 2.28 bits per heavy atom. The number of benzene rings is 2. The van der Waals surface area contributed by atoms with Crippen molar-refractivity contribution in [3.05, 3.63) is 87.7 Å². The minimum atomic E-state index is -0.379. The second-order valence-electron chi connectivity index (χ2n) is 5.62. The number of carbonyl (C=O) groups is 1. The summed E-state index contributed by atoms with van der Waals surface area (Å²) in [4.78, 5) is 25.4. The topological polar surface area (TPSA) is 59.3 Å². The summed E-state index contributed by atoms with van der Waals surface area (Å²) in [5.41, 5.74) is 1.94. The number of rotatable bonds is 4. The fourth-order valence-electron chi connectivity index (χ4n) is 2.65. The number of ketones is 1. The van der Waals surface area contributed by atoms with E-state index < -0.39 is 0 Å². The van der Waals surface area contributed by atoms with Crippen LogP contribution < -0.4 is 5.56 Å². The number of thioether (sulfide) groups is 1. The molecule has 0 aliphatic carbocycles. The molecular formula is C20H17NO3S. The highest BCUT2D eigenvalue weighted by molar-refractivity contribution is 7.98. The van der Waals surface area contributed by atoms with Crippen LogP contribution in [0.3, 0.4) is 0 Å². The van der Waals surface area contributed by atoms with E-state index in [2.05, 4.69) is 0 Å². The molecule has 0 spiro atoms. The highest BCUT2D eigenvalue weighted by Gasteiger charge is 2.23. The van der Waals surface area contributed by atoms with E-state index in [0.717, 1.165) is 11.6 Å². The van der Waals surface area contributed by atoms with Crippen LogP contribution in [0.5, 0.6) is 5.75 Å². The largest absolute Gasteiger partial charge is 0.507 e. The van der Waals surface area contributed by atoms with E-state index >= 15 is 0 Å². The smallest absolute Gasteiger partial charge is 0.259 e. The minimum Gasteiger partial charge on any atom is -0.507 e. The van der Waals surface area contributed by atoms with E-state index in [1.807, 2.05) is 37.3 Å². The molecule has 3 rings (SSSR count). The predicted octanol–water partition coefficient (Wildman–Crippen LogP) is 3.80. The zero-order chi connectivity index (χ0) is 18.0. The summed E-state index contributed by atoms with van der Waals surface area (Å²) >= 11 is 1.25. The van der Waals surface area contributed by atoms with E-state index in [9.17, 15) is 14.7 Å². The molecule has 25 heavy (non-hydrogen) atoms. The number of aromatic nitrogens is 1. The Labute approximate surface area is 149 Å². The molecule has 1 aromatic heterocycles. The van der Waals surface area contributed by atoms with Gasteiger partial charge in [0, 0.05) is 17.3 Å². The zero-order valence-electron chi connectivity index (χ0n) is 13.9. The van der Waals surface area contributed by atoms with Gasteiger partial charge in [-0.2, -0.15) is 0 Å². The molecule has 3 aromatic rings. The van der Waals surface area contributed by atoms with Crippen molar-refractivity contribution in [3.63, 3.8) is 0 Å². The second-order valence-corrected chi connectivity index (χ2v) is 6.41. The summed E-state index contributed by atoms with van der Waals surface area (Å²) in [5, 5.41) is 10.7. The summed E-state index contributed by atoms with van der Waals surface area (Å²) in [7, 11) is 0. The van der Waals surface area contributed by atoms with Crippen LogP contribution >= 0.6 is 11.8 Å². The van der Waals surface area contributed by atoms with Gasteiger partial charge in [-0.05, 0) is 25.3 Å². The number of aromatic hydroxyl groups is 1. The number of nitrogens with zero attached hydrogens (tertiary/aromatic N) is 1. The van der Waals surface area contributed by atoms with Gasteiger partial charge >= 0.3 is 0 Å². The number of hydrogen-bond acceptors (Lipinski definition) is 4. The normalized spacial score (nSPS) is 10.6. The van der Waals surface area contributed by atoms with Crippen molar-refractivity contribution < 1.29 is 9.90 Å². The van der Waals surface area contributed by atoms with Gasteiger partial charge in [0.1, 0.15) is 5.75 Å². The molecule has 2 aromatic carbocycles. The Kier molecular flexibility index (Phi) is 4.76. The maximum absolute atomic E-state index is 12.9. The molecule has 0 amide bonds. The lowest BCUT2D eigenvalue weighted by molar-refractivity contribution is 0.103. The molecule has 0 atom stereocenters. The Morgan fingerprint density at radius 1 is 1.04 bits per heavy atom. The van der Waals surface area contributed by atoms with E-state index in [0.29, 0.717) is 16.3 Å². The van der Waals surface area contributed by atoms with Gasteiger partial charge in [0.15, 0.2) is 5.78 Å². The molecule has 0 unspecified atom stereocenters. The first kappa shape index (κ1) is 17.0. The van der Waals surface area contributed by atoms with Gasteiger partial charge in [-0.15, -0.1) is 11.8 Å². The van der Waals surface area contributed by atoms with Crippen molar-refractivity contribution in [1.82, 2.24) is 4.57 Å². The first-order valence-electron chi connectivity index (χ1n) is 7.72. The molecule has 0 saturated carbocycles. The Morgan fingerprint density at radius 2 is 1.68 bits per heavy atom. The van der Waals surface area contributed by atoms with Crippen molar-refractivity contribution in [3.8, 4) is 11.4 Å². The van der Waals surface area contributed by atoms with Crippen molar-refractivity contribution in [1.29, 1.82) is 0 Å². The average Bonchev–Trinajstić information content (AvgIpc) is 2.62. The summed E-state index contributed by atoms with van der Waals surface area (Å²) < 4.78 is 1.46. The van der Waals surface area contributed by atoms with Crippen molar-refractivity contribution in [2.24, 2.45) is 0 Å². The molecule has 4 nitrogen and oxygen atoms in total. The average molecular weight is 351 g/mol. The summed E-state index contributed by atoms with van der Waals surface area (Å²) in [6, 6.07) is 17.3. The molecule has 1 heterocycles. The lowest BCUT2D eigenvalue weighted by atomic mass is 10.0. The van der Waals surface area contributed by atoms with Crippen molar-refractivity contribution in [2.75, 3.05) is 6.26 Å². The molecule has 0 aliphatic heterocycles. The quantitative estimate of drug-likeness (QED) is 0.574. The second kappa shape index (κ2) is 6.99. The maximum Gasteiger partial charge on any atom is 0.259 e. The summed E-state index contributed by atoms with van der Waals surface area (Å²) in [6.45, 7) is 1.96. The lowest BCUT2D eigenvalue weighted by Gasteiger charge is -2.16. The third kappa shape index (κ3) is 3.23. The lowest BCUT2D eigenvalue weighted by Crippen LogP contribution is -2.22. The van der Waals surface area contributed by atoms with Gasteiger partial charge in [0.05, 0.1) is 10.6 Å². The summed E-state index contributed by atoms with van der Waals surface area (Å²) in [6.07, 6.45) is 1.78. The minimum absolute atomic E-state index is 0.138. The number of aryl methyl sites for hydroxylation is 1. The molecule has 5 heteroatoms. The first-order valence-corrected chi connectivity index (χ1v) is 8.95. The van der Waals surface area contributed by atoms with Crippen molar-refractivity contribution >= 4 is 17.5 Å². The van der Waals surface area contributed by atoms with Gasteiger partial charge < -0.3 is 5.11 Å². The van der Waals surface area contributed by atoms with Gasteiger partial charge in [0.25, 0.3) is 5.56 Å². The van der Waals surface area contributed by atoms with Crippen molar-refractivity contribution in [2.45, 2.75) is 11.9 Å². The van der Waals surface area contributed by atoms with Crippen LogP contribution in [0.2, 0.25) is 0 Å². The number of carbonyl (C=O) groups excluding carboxylic acids is 1. The zero-order valence-corrected chi connectivity index (χ0v) is 14.7. The van der Waals surface area contributed by atoms with E-state index in [4.69, 9.17) is 0 Å². The maximum atomic E-state index is 12.9.